The number of rotatable bonds is 5. The zero-order chi connectivity index (χ0) is 16.4. The number of carbonyl (C=O) groups is 2. The maximum Gasteiger partial charge on any atom is 0.355 e. The van der Waals surface area contributed by atoms with Gasteiger partial charge in [0.05, 0.1) is 6.61 Å². The molecule has 0 amide bonds. The number of nitrogens with one attached hydrogen (secondary N) is 1. The minimum atomic E-state index is -0.356. The van der Waals surface area contributed by atoms with Crippen LogP contribution in [0.15, 0.2) is 17.5 Å². The zero-order valence-electron chi connectivity index (χ0n) is 13.5. The second-order valence-electron chi connectivity index (χ2n) is 6.01. The predicted octanol–water partition coefficient (Wildman–Crippen LogP) is 4.25. The first-order valence-electron chi connectivity index (χ1n) is 8.07. The molecule has 1 aliphatic carbocycles. The van der Waals surface area contributed by atoms with Gasteiger partial charge < -0.3 is 9.72 Å². The van der Waals surface area contributed by atoms with E-state index in [0.29, 0.717) is 24.3 Å². The Morgan fingerprint density at radius 1 is 1.43 bits per heavy atom. The summed E-state index contributed by atoms with van der Waals surface area (Å²) in [6, 6.07) is 4.08. The molecule has 0 bridgehead atoms. The van der Waals surface area contributed by atoms with Crippen molar-refractivity contribution in [2.75, 3.05) is 6.61 Å². The van der Waals surface area contributed by atoms with Gasteiger partial charge in [-0.25, -0.2) is 4.79 Å². The summed E-state index contributed by atoms with van der Waals surface area (Å²) in [6.45, 7) is 4.30. The summed E-state index contributed by atoms with van der Waals surface area (Å²) in [5.74, 6) is -0.0335. The van der Waals surface area contributed by atoms with Crippen LogP contribution in [0.1, 0.15) is 69.1 Å². The Morgan fingerprint density at radius 2 is 2.26 bits per heavy atom. The lowest BCUT2D eigenvalue weighted by Crippen LogP contribution is -2.17. The Bertz CT molecular complexity index is 715. The maximum atomic E-state index is 12.5. The molecule has 4 nitrogen and oxygen atoms in total. The van der Waals surface area contributed by atoms with Gasteiger partial charge in [-0.05, 0) is 36.8 Å². The number of fused-ring (bicyclic) bond motifs is 1. The summed E-state index contributed by atoms with van der Waals surface area (Å²) < 4.78 is 5.28. The minimum Gasteiger partial charge on any atom is -0.461 e. The summed E-state index contributed by atoms with van der Waals surface area (Å²) in [5, 5.41) is 2.03. The smallest absolute Gasteiger partial charge is 0.355 e. The van der Waals surface area contributed by atoms with Crippen molar-refractivity contribution in [1.82, 2.24) is 4.98 Å². The summed E-state index contributed by atoms with van der Waals surface area (Å²) in [5.41, 5.74) is 2.74. The molecule has 0 aliphatic heterocycles. The van der Waals surface area contributed by atoms with Crippen molar-refractivity contribution in [3.8, 4) is 0 Å². The molecular weight excluding hydrogens is 310 g/mol. The second kappa shape index (κ2) is 6.71. The van der Waals surface area contributed by atoms with E-state index in [1.54, 1.807) is 11.3 Å². The van der Waals surface area contributed by atoms with Gasteiger partial charge >= 0.3 is 5.97 Å². The van der Waals surface area contributed by atoms with Gasteiger partial charge in [-0.15, -0.1) is 11.3 Å². The summed E-state index contributed by atoms with van der Waals surface area (Å²) in [7, 11) is 0. The number of hydrogen-bond donors (Lipinski definition) is 1. The Hall–Kier alpha value is -1.88. The lowest BCUT2D eigenvalue weighted by Gasteiger charge is -2.20. The van der Waals surface area contributed by atoms with Crippen molar-refractivity contribution < 1.29 is 14.3 Å². The molecule has 1 N–H and O–H groups in total. The molecular formula is C18H21NO3S. The van der Waals surface area contributed by atoms with Gasteiger partial charge in [0.2, 0.25) is 0 Å². The number of hydrogen-bond acceptors (Lipinski definition) is 4. The highest BCUT2D eigenvalue weighted by Gasteiger charge is 2.32. The van der Waals surface area contributed by atoms with Gasteiger partial charge in [-0.1, -0.05) is 19.4 Å². The third kappa shape index (κ3) is 3.11. The van der Waals surface area contributed by atoms with Gasteiger partial charge in [0.25, 0.3) is 0 Å². The quantitative estimate of drug-likeness (QED) is 0.658. The molecule has 2 heterocycles. The normalized spacial score (nSPS) is 17.1. The lowest BCUT2D eigenvalue weighted by molar-refractivity contribution is 0.0492. The number of esters is 1. The molecule has 0 saturated heterocycles. The number of thiophene rings is 1. The standard InChI is InChI=1S/C18H21NO3S/c1-3-4-7-22-18(21)17-11(2)16-13(19-17)9-12(10-14(16)20)15-6-5-8-23-15/h5-6,8,12,19H,3-4,7,9-10H2,1-2H3/t12-/m1/s1. The van der Waals surface area contributed by atoms with E-state index in [-0.39, 0.29) is 17.7 Å². The van der Waals surface area contributed by atoms with Gasteiger partial charge in [-0.2, -0.15) is 0 Å². The van der Waals surface area contributed by atoms with Crippen LogP contribution in [-0.2, 0) is 11.2 Å². The fraction of sp³-hybridized carbons (Fsp3) is 0.444. The topological polar surface area (TPSA) is 59.2 Å². The van der Waals surface area contributed by atoms with Crippen LogP contribution in [0, 0.1) is 6.92 Å². The fourth-order valence-electron chi connectivity index (χ4n) is 3.14. The maximum absolute atomic E-state index is 12.5. The van der Waals surface area contributed by atoms with Crippen LogP contribution in [0.25, 0.3) is 0 Å². The van der Waals surface area contributed by atoms with E-state index < -0.39 is 0 Å². The van der Waals surface area contributed by atoms with Crippen molar-refractivity contribution >= 4 is 23.1 Å². The Morgan fingerprint density at radius 3 is 2.96 bits per heavy atom. The number of carbonyl (C=O) groups excluding carboxylic acids is 2. The molecule has 0 radical (unpaired) electrons. The predicted molar refractivity (Wildman–Crippen MR) is 90.4 cm³/mol. The third-order valence-electron chi connectivity index (χ3n) is 4.37. The van der Waals surface area contributed by atoms with Crippen molar-refractivity contribution in [3.63, 3.8) is 0 Å². The van der Waals surface area contributed by atoms with E-state index >= 15 is 0 Å². The summed E-state index contributed by atoms with van der Waals surface area (Å²) >= 11 is 1.68. The molecule has 1 atom stereocenters. The first-order valence-corrected chi connectivity index (χ1v) is 8.95. The molecule has 0 spiro atoms. The molecule has 3 rings (SSSR count). The van der Waals surface area contributed by atoms with E-state index in [4.69, 9.17) is 4.74 Å². The van der Waals surface area contributed by atoms with Crippen LogP contribution >= 0.6 is 11.3 Å². The van der Waals surface area contributed by atoms with E-state index in [1.807, 2.05) is 18.4 Å². The molecule has 0 fully saturated rings. The molecule has 1 aliphatic rings. The first kappa shape index (κ1) is 16.0. The molecule has 0 saturated carbocycles. The Labute approximate surface area is 139 Å². The Balaban J connectivity index is 1.84. The van der Waals surface area contributed by atoms with Gasteiger partial charge in [0, 0.05) is 28.5 Å². The van der Waals surface area contributed by atoms with Crippen molar-refractivity contribution in [3.05, 3.63) is 44.9 Å². The number of ketones is 1. The van der Waals surface area contributed by atoms with Crippen LogP contribution in [-0.4, -0.2) is 23.3 Å². The fourth-order valence-corrected chi connectivity index (χ4v) is 3.97. The molecule has 2 aromatic heterocycles. The summed E-state index contributed by atoms with van der Waals surface area (Å²) in [4.78, 5) is 29.1. The molecule has 122 valence electrons. The third-order valence-corrected chi connectivity index (χ3v) is 5.40. The number of aromatic nitrogens is 1. The average Bonchev–Trinajstić information content (AvgIpc) is 3.15. The Kier molecular flexibility index (Phi) is 4.66. The number of Topliss-reactive ketones (excluding diaryl/α,β-unsaturated/α-hetero) is 1. The van der Waals surface area contributed by atoms with Gasteiger partial charge in [0.1, 0.15) is 5.69 Å². The molecule has 0 aromatic carbocycles. The first-order chi connectivity index (χ1) is 11.1. The van der Waals surface area contributed by atoms with Gasteiger partial charge in [0.15, 0.2) is 5.78 Å². The summed E-state index contributed by atoms with van der Waals surface area (Å²) in [6.07, 6.45) is 3.11. The largest absolute Gasteiger partial charge is 0.461 e. The van der Waals surface area contributed by atoms with E-state index in [2.05, 4.69) is 18.0 Å². The van der Waals surface area contributed by atoms with Crippen LogP contribution in [0.5, 0.6) is 0 Å². The van der Waals surface area contributed by atoms with E-state index in [9.17, 15) is 9.59 Å². The number of aromatic amines is 1. The number of ether oxygens (including phenoxy) is 1. The second-order valence-corrected chi connectivity index (χ2v) is 6.99. The van der Waals surface area contributed by atoms with Crippen molar-refractivity contribution in [2.45, 2.75) is 45.4 Å². The van der Waals surface area contributed by atoms with E-state index in [0.717, 1.165) is 30.5 Å². The SMILES string of the molecule is CCCCOC(=O)c1[nH]c2c(c1C)C(=O)C[C@H](c1cccs1)C2. The van der Waals surface area contributed by atoms with Gasteiger partial charge in [-0.3, -0.25) is 4.79 Å². The highest BCUT2D eigenvalue weighted by Crippen LogP contribution is 2.36. The highest BCUT2D eigenvalue weighted by molar-refractivity contribution is 7.10. The van der Waals surface area contributed by atoms with Crippen LogP contribution in [0.2, 0.25) is 0 Å². The molecule has 2 aromatic rings. The molecule has 5 heteroatoms. The van der Waals surface area contributed by atoms with Crippen LogP contribution in [0.3, 0.4) is 0 Å². The monoisotopic (exact) mass is 331 g/mol. The van der Waals surface area contributed by atoms with E-state index in [1.165, 1.54) is 4.88 Å². The molecule has 0 unspecified atom stereocenters. The van der Waals surface area contributed by atoms with Crippen LogP contribution < -0.4 is 0 Å². The van der Waals surface area contributed by atoms with Crippen molar-refractivity contribution in [2.24, 2.45) is 0 Å². The lowest BCUT2D eigenvalue weighted by atomic mass is 9.84. The average molecular weight is 331 g/mol. The molecule has 23 heavy (non-hydrogen) atoms. The number of unbranched alkanes of at least 4 members (excludes halogenated alkanes) is 1. The number of H-pyrrole nitrogens is 1. The minimum absolute atomic E-state index is 0.117. The zero-order valence-corrected chi connectivity index (χ0v) is 14.3. The van der Waals surface area contributed by atoms with Crippen LogP contribution in [0.4, 0.5) is 0 Å². The van der Waals surface area contributed by atoms with Crippen molar-refractivity contribution in [1.29, 1.82) is 0 Å². The highest BCUT2D eigenvalue weighted by atomic mass is 32.1.